The van der Waals surface area contributed by atoms with E-state index >= 15 is 0 Å². The van der Waals surface area contributed by atoms with Gasteiger partial charge in [-0.05, 0) is 62.7 Å². The normalized spacial score (nSPS) is 11.9. The Morgan fingerprint density at radius 1 is 1.17 bits per heavy atom. The lowest BCUT2D eigenvalue weighted by molar-refractivity contribution is -0.130. The molecule has 29 heavy (non-hydrogen) atoms. The van der Waals surface area contributed by atoms with Crippen LogP contribution in [0.25, 0.3) is 0 Å². The molecule has 0 bridgehead atoms. The fraction of sp³-hybridized carbons (Fsp3) is 0.409. The molecule has 5 nitrogen and oxygen atoms in total. The number of rotatable bonds is 10. The van der Waals surface area contributed by atoms with Crippen LogP contribution in [0.4, 0.5) is 0 Å². The summed E-state index contributed by atoms with van der Waals surface area (Å²) in [6, 6.07) is 12.6. The summed E-state index contributed by atoms with van der Waals surface area (Å²) in [6.45, 7) is 4.31. The van der Waals surface area contributed by atoms with Crippen LogP contribution >= 0.6 is 11.6 Å². The molecule has 0 aromatic heterocycles. The minimum Gasteiger partial charge on any atom is -0.497 e. The van der Waals surface area contributed by atoms with Crippen LogP contribution < -0.4 is 9.47 Å². The van der Waals surface area contributed by atoms with Gasteiger partial charge < -0.3 is 14.4 Å². The molecular weight excluding hydrogens is 410 g/mol. The van der Waals surface area contributed by atoms with Crippen molar-refractivity contribution in [2.24, 2.45) is 0 Å². The molecule has 0 radical (unpaired) electrons. The number of methoxy groups -OCH3 is 1. The summed E-state index contributed by atoms with van der Waals surface area (Å²) in [5.74, 6) is 1.88. The number of hydrogen-bond donors (Lipinski definition) is 0. The molecule has 0 saturated carbocycles. The van der Waals surface area contributed by atoms with E-state index in [1.165, 1.54) is 0 Å². The third kappa shape index (κ3) is 7.37. The van der Waals surface area contributed by atoms with Crippen LogP contribution in [0.2, 0.25) is 5.02 Å². The maximum atomic E-state index is 12.5. The minimum absolute atomic E-state index is 0.00722. The second-order valence-electron chi connectivity index (χ2n) is 7.00. The molecule has 0 aliphatic heterocycles. The van der Waals surface area contributed by atoms with Gasteiger partial charge in [0.1, 0.15) is 11.5 Å². The summed E-state index contributed by atoms with van der Waals surface area (Å²) < 4.78 is 23.3. The highest BCUT2D eigenvalue weighted by Gasteiger charge is 2.14. The van der Waals surface area contributed by atoms with Gasteiger partial charge in [-0.3, -0.25) is 9.00 Å². The monoisotopic (exact) mass is 437 g/mol. The average molecular weight is 438 g/mol. The molecule has 1 amide bonds. The number of amides is 1. The fourth-order valence-corrected chi connectivity index (χ4v) is 4.05. The molecule has 0 spiro atoms. The molecule has 2 rings (SSSR count). The van der Waals surface area contributed by atoms with Crippen molar-refractivity contribution < 1.29 is 18.5 Å². The van der Waals surface area contributed by atoms with Crippen molar-refractivity contribution in [2.75, 3.05) is 19.9 Å². The number of carbonyl (C=O) groups is 1. The Morgan fingerprint density at radius 3 is 2.48 bits per heavy atom. The lowest BCUT2D eigenvalue weighted by Gasteiger charge is -2.21. The smallest absolute Gasteiger partial charge is 0.222 e. The Kier molecular flexibility index (Phi) is 8.99. The highest BCUT2D eigenvalue weighted by atomic mass is 35.5. The van der Waals surface area contributed by atoms with Crippen molar-refractivity contribution in [1.29, 1.82) is 0 Å². The van der Waals surface area contributed by atoms with Gasteiger partial charge in [0.05, 0.1) is 24.0 Å². The predicted molar refractivity (Wildman–Crippen MR) is 117 cm³/mol. The molecule has 0 saturated heterocycles. The van der Waals surface area contributed by atoms with Crippen LogP contribution in [-0.2, 0) is 22.1 Å². The van der Waals surface area contributed by atoms with E-state index in [0.717, 1.165) is 22.0 Å². The van der Waals surface area contributed by atoms with Crippen LogP contribution in [0.15, 0.2) is 47.4 Å². The van der Waals surface area contributed by atoms with Crippen molar-refractivity contribution in [3.8, 4) is 11.5 Å². The Bertz CT molecular complexity index is 839. The van der Waals surface area contributed by atoms with E-state index < -0.39 is 10.8 Å². The standard InChI is InChI=1S/C22H28ClNO4S/c1-16(2)28-21-12-7-18(23)14-17(21)15-24(3)22(25)6-5-13-29(26)20-10-8-19(27-4)9-11-20/h7-12,14,16H,5-6,13,15H2,1-4H3. The van der Waals surface area contributed by atoms with Gasteiger partial charge in [-0.25, -0.2) is 0 Å². The summed E-state index contributed by atoms with van der Waals surface area (Å²) in [6.07, 6.45) is 0.912. The van der Waals surface area contributed by atoms with Crippen molar-refractivity contribution >= 4 is 28.3 Å². The number of ether oxygens (including phenoxy) is 2. The molecule has 7 heteroatoms. The molecule has 0 aliphatic rings. The summed E-state index contributed by atoms with van der Waals surface area (Å²) in [4.78, 5) is 14.9. The van der Waals surface area contributed by atoms with Crippen LogP contribution in [-0.4, -0.2) is 41.0 Å². The molecule has 1 atom stereocenters. The van der Waals surface area contributed by atoms with Gasteiger partial charge in [0.25, 0.3) is 0 Å². The van der Waals surface area contributed by atoms with Gasteiger partial charge in [-0.2, -0.15) is 0 Å². The Hall–Kier alpha value is -2.05. The maximum absolute atomic E-state index is 12.5. The van der Waals surface area contributed by atoms with Gasteiger partial charge >= 0.3 is 0 Å². The first-order chi connectivity index (χ1) is 13.8. The van der Waals surface area contributed by atoms with Crippen LogP contribution in [0.1, 0.15) is 32.3 Å². The number of nitrogens with zero attached hydrogens (tertiary/aromatic N) is 1. The quantitative estimate of drug-likeness (QED) is 0.541. The zero-order valence-corrected chi connectivity index (χ0v) is 18.9. The summed E-state index contributed by atoms with van der Waals surface area (Å²) in [5, 5.41) is 0.604. The van der Waals surface area contributed by atoms with E-state index in [0.29, 0.717) is 30.2 Å². The predicted octanol–water partition coefficient (Wildman–Crippen LogP) is 4.68. The van der Waals surface area contributed by atoms with E-state index in [1.54, 1.807) is 49.4 Å². The van der Waals surface area contributed by atoms with E-state index in [-0.39, 0.29) is 12.0 Å². The Morgan fingerprint density at radius 2 is 1.86 bits per heavy atom. The molecule has 2 aromatic rings. The molecule has 0 heterocycles. The molecular formula is C22H28ClNO4S. The first-order valence-corrected chi connectivity index (χ1v) is 11.2. The zero-order valence-electron chi connectivity index (χ0n) is 17.3. The highest BCUT2D eigenvalue weighted by molar-refractivity contribution is 7.85. The van der Waals surface area contributed by atoms with E-state index in [2.05, 4.69) is 0 Å². The van der Waals surface area contributed by atoms with Crippen molar-refractivity contribution in [3.05, 3.63) is 53.1 Å². The highest BCUT2D eigenvalue weighted by Crippen LogP contribution is 2.25. The molecule has 0 N–H and O–H groups in total. The third-order valence-corrected chi connectivity index (χ3v) is 5.95. The second kappa shape index (κ2) is 11.2. The van der Waals surface area contributed by atoms with E-state index in [1.807, 2.05) is 26.0 Å². The van der Waals surface area contributed by atoms with Crippen molar-refractivity contribution in [2.45, 2.75) is 44.2 Å². The SMILES string of the molecule is COc1ccc(S(=O)CCCC(=O)N(C)Cc2cc(Cl)ccc2OC(C)C)cc1. The first kappa shape index (κ1) is 23.2. The molecule has 2 aromatic carbocycles. The summed E-state index contributed by atoms with van der Waals surface area (Å²) in [5.41, 5.74) is 0.865. The minimum atomic E-state index is -1.14. The van der Waals surface area contributed by atoms with Gasteiger partial charge in [0.15, 0.2) is 0 Å². The molecule has 1 unspecified atom stereocenters. The molecule has 0 aliphatic carbocycles. The van der Waals surface area contributed by atoms with Gasteiger partial charge in [0, 0.05) is 41.2 Å². The summed E-state index contributed by atoms with van der Waals surface area (Å²) in [7, 11) is 2.21. The third-order valence-electron chi connectivity index (χ3n) is 4.26. The van der Waals surface area contributed by atoms with E-state index in [4.69, 9.17) is 21.1 Å². The van der Waals surface area contributed by atoms with E-state index in [9.17, 15) is 9.00 Å². The van der Waals surface area contributed by atoms with Crippen molar-refractivity contribution in [1.82, 2.24) is 4.90 Å². The number of benzene rings is 2. The average Bonchev–Trinajstić information content (AvgIpc) is 2.69. The first-order valence-electron chi connectivity index (χ1n) is 9.51. The topological polar surface area (TPSA) is 55.8 Å². The van der Waals surface area contributed by atoms with Crippen LogP contribution in [0.5, 0.6) is 11.5 Å². The molecule has 158 valence electrons. The van der Waals surface area contributed by atoms with Crippen molar-refractivity contribution in [3.63, 3.8) is 0 Å². The maximum Gasteiger partial charge on any atom is 0.222 e. The number of halogens is 1. The van der Waals surface area contributed by atoms with Gasteiger partial charge in [-0.1, -0.05) is 11.6 Å². The van der Waals surface area contributed by atoms with Crippen LogP contribution in [0.3, 0.4) is 0 Å². The second-order valence-corrected chi connectivity index (χ2v) is 9.00. The lowest BCUT2D eigenvalue weighted by Crippen LogP contribution is -2.26. The van der Waals surface area contributed by atoms with Gasteiger partial charge in [0.2, 0.25) is 5.91 Å². The summed E-state index contributed by atoms with van der Waals surface area (Å²) >= 11 is 6.11. The molecule has 0 fully saturated rings. The van der Waals surface area contributed by atoms with Gasteiger partial charge in [-0.15, -0.1) is 0 Å². The largest absolute Gasteiger partial charge is 0.497 e. The number of carbonyl (C=O) groups excluding carboxylic acids is 1. The Balaban J connectivity index is 1.87. The Labute approximate surface area is 180 Å². The zero-order chi connectivity index (χ0) is 21.4. The van der Waals surface area contributed by atoms with Crippen LogP contribution in [0, 0.1) is 0 Å². The lowest BCUT2D eigenvalue weighted by atomic mass is 10.1. The fourth-order valence-electron chi connectivity index (χ4n) is 2.77. The number of hydrogen-bond acceptors (Lipinski definition) is 4.